The predicted octanol–water partition coefficient (Wildman–Crippen LogP) is 4.28. The molecule has 0 saturated carbocycles. The normalized spacial score (nSPS) is 19.2. The lowest BCUT2D eigenvalue weighted by Crippen LogP contribution is -2.40. The summed E-state index contributed by atoms with van der Waals surface area (Å²) in [6.45, 7) is 3.46. The number of benzene rings is 2. The Morgan fingerprint density at radius 3 is 2.69 bits per heavy atom. The van der Waals surface area contributed by atoms with Crippen molar-refractivity contribution < 1.29 is 20.1 Å². The lowest BCUT2D eigenvalue weighted by molar-refractivity contribution is -0.143. The minimum Gasteiger partial charge on any atom is -0.481 e. The van der Waals surface area contributed by atoms with Crippen molar-refractivity contribution in [2.75, 3.05) is 32.8 Å². The van der Waals surface area contributed by atoms with E-state index < -0.39 is 5.97 Å². The van der Waals surface area contributed by atoms with Crippen molar-refractivity contribution in [2.24, 2.45) is 5.92 Å². The maximum absolute atomic E-state index is 11.2. The molecule has 0 radical (unpaired) electrons. The van der Waals surface area contributed by atoms with E-state index in [1.54, 1.807) is 0 Å². The molecule has 0 unspecified atom stereocenters. The minimum absolute atomic E-state index is 0. The molecule has 0 aromatic heterocycles. The Morgan fingerprint density at radius 2 is 1.91 bits per heavy atom. The predicted molar refractivity (Wildman–Crippen MR) is 131 cm³/mol. The maximum atomic E-state index is 11.2. The van der Waals surface area contributed by atoms with Gasteiger partial charge in [-0.05, 0) is 72.2 Å². The highest BCUT2D eigenvalue weighted by Crippen LogP contribution is 2.34. The van der Waals surface area contributed by atoms with Crippen molar-refractivity contribution in [3.8, 4) is 0 Å². The highest BCUT2D eigenvalue weighted by molar-refractivity contribution is 6.30. The van der Waals surface area contributed by atoms with Gasteiger partial charge < -0.3 is 20.2 Å². The largest absolute Gasteiger partial charge is 0.481 e. The van der Waals surface area contributed by atoms with Gasteiger partial charge in [-0.1, -0.05) is 48.0 Å². The van der Waals surface area contributed by atoms with Crippen LogP contribution in [0, 0.1) is 5.92 Å². The summed E-state index contributed by atoms with van der Waals surface area (Å²) >= 11 is 6.32. The average Bonchev–Trinajstić information content (AvgIpc) is 2.90. The van der Waals surface area contributed by atoms with Gasteiger partial charge in [-0.3, -0.25) is 4.79 Å². The molecule has 7 heteroatoms. The number of fused-ring (bicyclic) bond motifs is 2. The first-order valence-electron chi connectivity index (χ1n) is 10.7. The lowest BCUT2D eigenvalue weighted by Gasteiger charge is -2.30. The second-order valence-corrected chi connectivity index (χ2v) is 8.57. The summed E-state index contributed by atoms with van der Waals surface area (Å²) in [6.07, 6.45) is 5.90. The molecule has 3 N–H and O–H groups in total. The maximum Gasteiger partial charge on any atom is 0.307 e. The van der Waals surface area contributed by atoms with Crippen LogP contribution in [0.1, 0.15) is 35.1 Å². The van der Waals surface area contributed by atoms with Crippen molar-refractivity contribution >= 4 is 35.6 Å². The van der Waals surface area contributed by atoms with E-state index in [0.717, 1.165) is 43.8 Å². The quantitative estimate of drug-likeness (QED) is 0.626. The number of aliphatic carboxylic acids is 1. The van der Waals surface area contributed by atoms with E-state index in [2.05, 4.69) is 47.4 Å². The van der Waals surface area contributed by atoms with Gasteiger partial charge in [-0.2, -0.15) is 0 Å². The van der Waals surface area contributed by atoms with E-state index in [-0.39, 0.29) is 23.8 Å². The molecule has 5 nitrogen and oxygen atoms in total. The van der Waals surface area contributed by atoms with Gasteiger partial charge >= 0.3 is 5.97 Å². The smallest absolute Gasteiger partial charge is 0.307 e. The van der Waals surface area contributed by atoms with Crippen LogP contribution in [0.25, 0.3) is 5.57 Å². The number of rotatable bonds is 6. The fraction of sp³-hybridized carbons (Fsp3) is 0.400. The summed E-state index contributed by atoms with van der Waals surface area (Å²) in [5, 5.41) is 9.99. The zero-order valence-corrected chi connectivity index (χ0v) is 19.6. The van der Waals surface area contributed by atoms with E-state index in [1.165, 1.54) is 27.8 Å². The Bertz CT molecular complexity index is 947. The number of ether oxygens (including phenoxy) is 1. The van der Waals surface area contributed by atoms with Gasteiger partial charge in [0.2, 0.25) is 0 Å². The second-order valence-electron chi connectivity index (χ2n) is 8.13. The molecular formula is C25H31Cl2NO4. The third-order valence-corrected chi connectivity index (χ3v) is 6.38. The number of likely N-dealkylation sites (tertiary alicyclic amines) is 1. The first-order chi connectivity index (χ1) is 14.6. The number of hydrogen-bond acceptors (Lipinski definition) is 3. The Labute approximate surface area is 200 Å². The zero-order chi connectivity index (χ0) is 20.9. The number of aryl methyl sites for hydroxylation is 2. The van der Waals surface area contributed by atoms with Gasteiger partial charge in [-0.15, -0.1) is 12.4 Å². The van der Waals surface area contributed by atoms with Gasteiger partial charge in [0.15, 0.2) is 0 Å². The number of hydrogen-bond donors (Lipinski definition) is 1. The lowest BCUT2D eigenvalue weighted by atomic mass is 9.94. The summed E-state index contributed by atoms with van der Waals surface area (Å²) in [5.74, 6) is -0.931. The van der Waals surface area contributed by atoms with E-state index >= 15 is 0 Å². The third kappa shape index (κ3) is 6.33. The summed E-state index contributed by atoms with van der Waals surface area (Å²) in [7, 11) is 0. The Balaban J connectivity index is 0.00000181. The summed E-state index contributed by atoms with van der Waals surface area (Å²) < 4.78 is 5.94. The molecule has 1 aliphatic carbocycles. The molecule has 4 rings (SSSR count). The number of nitrogens with zero attached hydrogens (tertiary/aromatic N) is 1. The molecule has 1 aliphatic heterocycles. The highest BCUT2D eigenvalue weighted by Gasteiger charge is 2.25. The van der Waals surface area contributed by atoms with E-state index in [1.807, 2.05) is 6.07 Å². The molecule has 0 bridgehead atoms. The first kappa shape index (κ1) is 26.4. The average molecular weight is 480 g/mol. The van der Waals surface area contributed by atoms with Gasteiger partial charge in [-0.25, -0.2) is 0 Å². The Morgan fingerprint density at radius 1 is 1.16 bits per heavy atom. The Kier molecular flexibility index (Phi) is 10.2. The van der Waals surface area contributed by atoms with Gasteiger partial charge in [0.1, 0.15) is 0 Å². The third-order valence-electron chi connectivity index (χ3n) is 6.15. The van der Waals surface area contributed by atoms with Crippen molar-refractivity contribution in [1.29, 1.82) is 0 Å². The summed E-state index contributed by atoms with van der Waals surface area (Å²) in [4.78, 5) is 13.4. The molecule has 1 atom stereocenters. The van der Waals surface area contributed by atoms with Crippen LogP contribution in [0.4, 0.5) is 0 Å². The second kappa shape index (κ2) is 12.4. The van der Waals surface area contributed by atoms with Gasteiger partial charge in [0.25, 0.3) is 0 Å². The molecule has 2 aromatic rings. The van der Waals surface area contributed by atoms with Crippen LogP contribution >= 0.6 is 24.0 Å². The monoisotopic (exact) mass is 479 g/mol. The van der Waals surface area contributed by atoms with E-state index in [4.69, 9.17) is 16.3 Å². The minimum atomic E-state index is -0.685. The Hall–Kier alpha value is -1.89. The van der Waals surface area contributed by atoms with Crippen LogP contribution in [-0.4, -0.2) is 54.3 Å². The zero-order valence-electron chi connectivity index (χ0n) is 18.1. The first-order valence-corrected chi connectivity index (χ1v) is 11.1. The molecule has 2 aliphatic rings. The standard InChI is InChI=1S/C25H28ClNO3.ClH.H2O/c26-21-10-9-19-8-7-18-4-1-2-6-22(18)23(24(19)16-21)11-14-30-15-13-27-12-3-5-20(17-27)25(28)29;;/h1-2,4,6,9-11,16,20H,3,5,7-8,12-15,17H2,(H,28,29);1H;1H2/b23-11+;;/t20-;;/m1../s1. The number of piperidine rings is 1. The number of carboxylic acid groups (broad SMARTS) is 1. The summed E-state index contributed by atoms with van der Waals surface area (Å²) in [6, 6.07) is 14.7. The molecule has 1 heterocycles. The van der Waals surface area contributed by atoms with Crippen LogP contribution in [0.5, 0.6) is 0 Å². The topological polar surface area (TPSA) is 81.3 Å². The molecule has 174 valence electrons. The molecular weight excluding hydrogens is 449 g/mol. The molecule has 0 amide bonds. The highest BCUT2D eigenvalue weighted by atomic mass is 35.5. The van der Waals surface area contributed by atoms with Crippen molar-refractivity contribution in [2.45, 2.75) is 25.7 Å². The van der Waals surface area contributed by atoms with Crippen molar-refractivity contribution in [3.05, 3.63) is 75.8 Å². The molecule has 2 aromatic carbocycles. The van der Waals surface area contributed by atoms with Crippen LogP contribution in [0.15, 0.2) is 48.5 Å². The number of halogens is 2. The van der Waals surface area contributed by atoms with Crippen LogP contribution in [-0.2, 0) is 22.4 Å². The van der Waals surface area contributed by atoms with Crippen LogP contribution < -0.4 is 0 Å². The molecule has 1 saturated heterocycles. The number of carboxylic acids is 1. The van der Waals surface area contributed by atoms with Crippen LogP contribution in [0.3, 0.4) is 0 Å². The van der Waals surface area contributed by atoms with Crippen molar-refractivity contribution in [3.63, 3.8) is 0 Å². The van der Waals surface area contributed by atoms with Crippen LogP contribution in [0.2, 0.25) is 5.02 Å². The molecule has 32 heavy (non-hydrogen) atoms. The SMILES string of the molecule is Cl.O.O=C(O)[C@@H]1CCCN(CCOC/C=C2\c3ccccc3CCc3ccc(Cl)cc32)C1. The fourth-order valence-electron chi connectivity index (χ4n) is 4.53. The number of carbonyl (C=O) groups is 1. The van der Waals surface area contributed by atoms with Gasteiger partial charge in [0, 0.05) is 18.1 Å². The van der Waals surface area contributed by atoms with Crippen molar-refractivity contribution in [1.82, 2.24) is 4.90 Å². The summed E-state index contributed by atoms with van der Waals surface area (Å²) in [5.41, 5.74) is 6.29. The van der Waals surface area contributed by atoms with Gasteiger partial charge in [0.05, 0.1) is 19.1 Å². The fourth-order valence-corrected chi connectivity index (χ4v) is 4.70. The van der Waals surface area contributed by atoms with E-state index in [0.29, 0.717) is 19.8 Å². The van der Waals surface area contributed by atoms with E-state index in [9.17, 15) is 9.90 Å². The molecule has 0 spiro atoms. The molecule has 1 fully saturated rings.